The molecule has 0 N–H and O–H groups in total. The lowest BCUT2D eigenvalue weighted by molar-refractivity contribution is 0.714. The maximum Gasteiger partial charge on any atom is 0.160 e. The molecule has 0 amide bonds. The third-order valence-electron chi connectivity index (χ3n) is 12.8. The summed E-state index contributed by atoms with van der Waals surface area (Å²) in [5.74, 6) is 0.706. The van der Waals surface area contributed by atoms with Gasteiger partial charge in [-0.05, 0) is 92.0 Å². The van der Waals surface area contributed by atoms with Gasteiger partial charge >= 0.3 is 0 Å². The third-order valence-corrected chi connectivity index (χ3v) is 13.9. The molecule has 0 spiro atoms. The van der Waals surface area contributed by atoms with Crippen LogP contribution in [0.15, 0.2) is 212 Å². The SMILES string of the molecule is CC1(c2ccccc2)c2ccccc2-c2c(-c3cc(-c4cccc(-c5cc(-c6ccccc6)cc6sc7c8ccccc8ccc7c56)c4)nc(-c4ccccc4)n3)cccc21. The molecule has 9 aromatic carbocycles. The van der Waals surface area contributed by atoms with Gasteiger partial charge in [-0.2, -0.15) is 0 Å². The van der Waals surface area contributed by atoms with E-state index in [4.69, 9.17) is 9.97 Å². The molecule has 0 fully saturated rings. The van der Waals surface area contributed by atoms with Crippen molar-refractivity contribution < 1.29 is 0 Å². The van der Waals surface area contributed by atoms with Gasteiger partial charge in [-0.25, -0.2) is 9.97 Å². The standard InChI is InChI=1S/C58H38N2S/c1-58(43-24-9-4-10-25-43)49-29-14-13-27-45(49)54-46(28-16-30-50(54)58)52-36-51(59-57(60-52)39-20-7-3-8-21-39)41-23-15-22-40(33-41)48-34-42(37-17-5-2-6-18-37)35-53-55(48)47-32-31-38-19-11-12-26-44(38)56(47)61-53/h2-36H,1H3. The van der Waals surface area contributed by atoms with Gasteiger partial charge in [0, 0.05) is 42.3 Å². The Morgan fingerprint density at radius 1 is 0.410 bits per heavy atom. The van der Waals surface area contributed by atoms with Crippen LogP contribution in [0.3, 0.4) is 0 Å². The van der Waals surface area contributed by atoms with Crippen LogP contribution in [0.4, 0.5) is 0 Å². The van der Waals surface area contributed by atoms with Crippen LogP contribution >= 0.6 is 11.3 Å². The van der Waals surface area contributed by atoms with Gasteiger partial charge in [0.15, 0.2) is 5.82 Å². The largest absolute Gasteiger partial charge is 0.228 e. The Bertz CT molecular complexity index is 3480. The summed E-state index contributed by atoms with van der Waals surface area (Å²) in [5, 5.41) is 5.13. The first-order valence-corrected chi connectivity index (χ1v) is 21.7. The number of rotatable bonds is 6. The zero-order chi connectivity index (χ0) is 40.5. The summed E-state index contributed by atoms with van der Waals surface area (Å²) in [5.41, 5.74) is 15.8. The van der Waals surface area contributed by atoms with Crippen LogP contribution in [0.1, 0.15) is 23.6 Å². The molecule has 0 saturated heterocycles. The molecule has 0 saturated carbocycles. The highest BCUT2D eigenvalue weighted by molar-refractivity contribution is 7.26. The fourth-order valence-electron chi connectivity index (χ4n) is 9.79. The van der Waals surface area contributed by atoms with Crippen molar-refractivity contribution in [3.05, 3.63) is 229 Å². The van der Waals surface area contributed by atoms with Crippen molar-refractivity contribution in [1.29, 1.82) is 0 Å². The van der Waals surface area contributed by atoms with E-state index in [9.17, 15) is 0 Å². The lowest BCUT2D eigenvalue weighted by Gasteiger charge is -2.28. The van der Waals surface area contributed by atoms with Crippen LogP contribution < -0.4 is 0 Å². The van der Waals surface area contributed by atoms with Crippen LogP contribution in [-0.2, 0) is 5.41 Å². The Morgan fingerprint density at radius 2 is 1.05 bits per heavy atom. The van der Waals surface area contributed by atoms with E-state index in [1.165, 1.54) is 75.5 Å². The molecule has 11 aromatic rings. The lowest BCUT2D eigenvalue weighted by Crippen LogP contribution is -2.22. The molecule has 1 aliphatic carbocycles. The molecule has 1 atom stereocenters. The Labute approximate surface area is 359 Å². The molecular weight excluding hydrogens is 757 g/mol. The molecule has 3 heteroatoms. The van der Waals surface area contributed by atoms with Gasteiger partial charge in [0.2, 0.25) is 0 Å². The fraction of sp³-hybridized carbons (Fsp3) is 0.0345. The van der Waals surface area contributed by atoms with Gasteiger partial charge in [-0.3, -0.25) is 0 Å². The van der Waals surface area contributed by atoms with Crippen molar-refractivity contribution in [2.45, 2.75) is 12.3 Å². The lowest BCUT2D eigenvalue weighted by atomic mass is 9.74. The predicted octanol–water partition coefficient (Wildman–Crippen LogP) is 15.7. The van der Waals surface area contributed by atoms with E-state index in [2.05, 4.69) is 213 Å². The molecule has 2 heterocycles. The van der Waals surface area contributed by atoms with Gasteiger partial charge in [-0.1, -0.05) is 188 Å². The second-order valence-electron chi connectivity index (χ2n) is 16.2. The van der Waals surface area contributed by atoms with Crippen molar-refractivity contribution in [2.24, 2.45) is 0 Å². The van der Waals surface area contributed by atoms with Gasteiger partial charge in [0.1, 0.15) is 0 Å². The predicted molar refractivity (Wildman–Crippen MR) is 257 cm³/mol. The van der Waals surface area contributed by atoms with Crippen LogP contribution in [0, 0.1) is 0 Å². The zero-order valence-corrected chi connectivity index (χ0v) is 34.3. The van der Waals surface area contributed by atoms with Crippen LogP contribution in [-0.4, -0.2) is 9.97 Å². The van der Waals surface area contributed by atoms with Gasteiger partial charge in [0.05, 0.1) is 11.4 Å². The van der Waals surface area contributed by atoms with Crippen molar-refractivity contribution in [3.8, 4) is 67.3 Å². The van der Waals surface area contributed by atoms with Gasteiger partial charge < -0.3 is 0 Å². The number of thiophene rings is 1. The van der Waals surface area contributed by atoms with E-state index in [1.807, 2.05) is 17.4 Å². The minimum Gasteiger partial charge on any atom is -0.228 e. The summed E-state index contributed by atoms with van der Waals surface area (Å²) in [4.78, 5) is 10.7. The number of nitrogens with zero attached hydrogens (tertiary/aromatic N) is 2. The molecule has 1 aliphatic rings. The van der Waals surface area contributed by atoms with Crippen LogP contribution in [0.2, 0.25) is 0 Å². The minimum absolute atomic E-state index is 0.312. The molecule has 0 radical (unpaired) electrons. The first-order valence-electron chi connectivity index (χ1n) is 20.9. The Balaban J connectivity index is 1.07. The molecule has 61 heavy (non-hydrogen) atoms. The fourth-order valence-corrected chi connectivity index (χ4v) is 11.1. The highest BCUT2D eigenvalue weighted by Gasteiger charge is 2.41. The van der Waals surface area contributed by atoms with E-state index in [1.54, 1.807) is 0 Å². The van der Waals surface area contributed by atoms with E-state index >= 15 is 0 Å². The van der Waals surface area contributed by atoms with Crippen molar-refractivity contribution in [3.63, 3.8) is 0 Å². The van der Waals surface area contributed by atoms with E-state index in [0.717, 1.165) is 33.6 Å². The second kappa shape index (κ2) is 14.1. The first kappa shape index (κ1) is 35.5. The molecule has 286 valence electrons. The average molecular weight is 795 g/mol. The Morgan fingerprint density at radius 3 is 1.89 bits per heavy atom. The number of hydrogen-bond acceptors (Lipinski definition) is 3. The van der Waals surface area contributed by atoms with Crippen molar-refractivity contribution >= 4 is 42.3 Å². The normalized spacial score (nSPS) is 14.4. The zero-order valence-electron chi connectivity index (χ0n) is 33.5. The van der Waals surface area contributed by atoms with E-state index in [0.29, 0.717) is 5.82 Å². The summed E-state index contributed by atoms with van der Waals surface area (Å²) in [6.07, 6.45) is 0. The smallest absolute Gasteiger partial charge is 0.160 e. The molecule has 12 rings (SSSR count). The highest BCUT2D eigenvalue weighted by atomic mass is 32.1. The summed E-state index contributed by atoms with van der Waals surface area (Å²) in [6, 6.07) is 76.9. The van der Waals surface area contributed by atoms with Gasteiger partial charge in [0.25, 0.3) is 0 Å². The quantitative estimate of drug-likeness (QED) is 0.168. The number of benzene rings is 9. The number of aromatic nitrogens is 2. The maximum absolute atomic E-state index is 5.38. The molecule has 2 aromatic heterocycles. The molecule has 1 unspecified atom stereocenters. The van der Waals surface area contributed by atoms with Crippen molar-refractivity contribution in [1.82, 2.24) is 9.97 Å². The maximum atomic E-state index is 5.38. The number of hydrogen-bond donors (Lipinski definition) is 0. The molecule has 2 nitrogen and oxygen atoms in total. The molecule has 0 aliphatic heterocycles. The summed E-state index contributed by atoms with van der Waals surface area (Å²) >= 11 is 1.89. The van der Waals surface area contributed by atoms with Crippen molar-refractivity contribution in [2.75, 3.05) is 0 Å². The summed E-state index contributed by atoms with van der Waals surface area (Å²) in [7, 11) is 0. The van der Waals surface area contributed by atoms with Crippen LogP contribution in [0.5, 0.6) is 0 Å². The van der Waals surface area contributed by atoms with Crippen LogP contribution in [0.25, 0.3) is 98.2 Å². The average Bonchev–Trinajstić information content (AvgIpc) is 3.85. The third kappa shape index (κ3) is 5.69. The summed E-state index contributed by atoms with van der Waals surface area (Å²) < 4.78 is 2.61. The first-order chi connectivity index (χ1) is 30.1. The summed E-state index contributed by atoms with van der Waals surface area (Å²) in [6.45, 7) is 2.37. The Kier molecular flexibility index (Phi) is 8.19. The van der Waals surface area contributed by atoms with E-state index < -0.39 is 0 Å². The van der Waals surface area contributed by atoms with E-state index in [-0.39, 0.29) is 5.41 Å². The number of fused-ring (bicyclic) bond motifs is 8. The Hall–Kier alpha value is -7.46. The minimum atomic E-state index is -0.312. The highest BCUT2D eigenvalue weighted by Crippen LogP contribution is 2.55. The molecule has 0 bridgehead atoms. The van der Waals surface area contributed by atoms with Gasteiger partial charge in [-0.15, -0.1) is 11.3 Å². The second-order valence-corrected chi connectivity index (χ2v) is 17.3. The monoisotopic (exact) mass is 794 g/mol. The molecular formula is C58H38N2S. The topological polar surface area (TPSA) is 25.8 Å².